The Hall–Kier alpha value is -0.860. The molecule has 2 N–H and O–H groups in total. The van der Waals surface area contributed by atoms with Crippen molar-refractivity contribution in [3.05, 3.63) is 35.9 Å². The van der Waals surface area contributed by atoms with Gasteiger partial charge in [-0.3, -0.25) is 0 Å². The fourth-order valence-corrected chi connectivity index (χ4v) is 1.31. The highest BCUT2D eigenvalue weighted by Gasteiger charge is 2.28. The lowest BCUT2D eigenvalue weighted by molar-refractivity contribution is 0.0242. The SMILES string of the molecule is CN[C@@H](C)[C@](C)(O)c1ccccc1. The van der Waals surface area contributed by atoms with Crippen LogP contribution in [0.3, 0.4) is 0 Å². The Morgan fingerprint density at radius 2 is 1.85 bits per heavy atom. The highest BCUT2D eigenvalue weighted by Crippen LogP contribution is 2.23. The van der Waals surface area contributed by atoms with Gasteiger partial charge >= 0.3 is 0 Å². The lowest BCUT2D eigenvalue weighted by atomic mass is 9.89. The predicted molar refractivity (Wildman–Crippen MR) is 54.5 cm³/mol. The quantitative estimate of drug-likeness (QED) is 0.737. The Morgan fingerprint density at radius 3 is 2.31 bits per heavy atom. The average molecular weight is 179 g/mol. The van der Waals surface area contributed by atoms with Crippen molar-refractivity contribution >= 4 is 0 Å². The molecule has 2 atom stereocenters. The first kappa shape index (κ1) is 10.2. The first-order valence-electron chi connectivity index (χ1n) is 4.54. The van der Waals surface area contributed by atoms with Crippen molar-refractivity contribution in [3.8, 4) is 0 Å². The monoisotopic (exact) mass is 179 g/mol. The minimum absolute atomic E-state index is 0.0369. The largest absolute Gasteiger partial charge is 0.384 e. The van der Waals surface area contributed by atoms with E-state index in [1.54, 1.807) is 0 Å². The van der Waals surface area contributed by atoms with E-state index in [1.807, 2.05) is 51.2 Å². The van der Waals surface area contributed by atoms with Crippen LogP contribution in [0, 0.1) is 0 Å². The lowest BCUT2D eigenvalue weighted by Gasteiger charge is -2.30. The second-order valence-electron chi connectivity index (χ2n) is 3.52. The molecular formula is C11H17NO. The molecular weight excluding hydrogens is 162 g/mol. The summed E-state index contributed by atoms with van der Waals surface area (Å²) in [5, 5.41) is 13.2. The van der Waals surface area contributed by atoms with Crippen LogP contribution in [0.1, 0.15) is 19.4 Å². The highest BCUT2D eigenvalue weighted by molar-refractivity contribution is 5.23. The molecule has 1 aromatic rings. The van der Waals surface area contributed by atoms with E-state index >= 15 is 0 Å². The molecule has 0 saturated carbocycles. The number of hydrogen-bond donors (Lipinski definition) is 2. The molecule has 0 heterocycles. The van der Waals surface area contributed by atoms with Crippen LogP contribution in [0.4, 0.5) is 0 Å². The molecule has 0 aliphatic rings. The van der Waals surface area contributed by atoms with Crippen molar-refractivity contribution in [2.75, 3.05) is 7.05 Å². The van der Waals surface area contributed by atoms with Gasteiger partial charge in [-0.25, -0.2) is 0 Å². The zero-order valence-electron chi connectivity index (χ0n) is 8.41. The van der Waals surface area contributed by atoms with Crippen molar-refractivity contribution in [1.29, 1.82) is 0 Å². The van der Waals surface area contributed by atoms with Crippen LogP contribution in [-0.4, -0.2) is 18.2 Å². The van der Waals surface area contributed by atoms with Crippen molar-refractivity contribution in [2.45, 2.75) is 25.5 Å². The summed E-state index contributed by atoms with van der Waals surface area (Å²) in [6.07, 6.45) is 0. The summed E-state index contributed by atoms with van der Waals surface area (Å²) in [7, 11) is 1.85. The number of benzene rings is 1. The molecule has 0 bridgehead atoms. The van der Waals surface area contributed by atoms with Gasteiger partial charge in [0.15, 0.2) is 0 Å². The predicted octanol–water partition coefficient (Wildman–Crippen LogP) is 1.50. The fourth-order valence-electron chi connectivity index (χ4n) is 1.31. The van der Waals surface area contributed by atoms with Gasteiger partial charge in [0.2, 0.25) is 0 Å². The molecule has 1 aromatic carbocycles. The minimum Gasteiger partial charge on any atom is -0.384 e. The van der Waals surface area contributed by atoms with Gasteiger partial charge in [0.1, 0.15) is 5.60 Å². The summed E-state index contributed by atoms with van der Waals surface area (Å²) in [6.45, 7) is 3.79. The summed E-state index contributed by atoms with van der Waals surface area (Å²) < 4.78 is 0. The summed E-state index contributed by atoms with van der Waals surface area (Å²) in [5.41, 5.74) is 0.132. The molecule has 2 heteroatoms. The average Bonchev–Trinajstić information content (AvgIpc) is 2.18. The summed E-state index contributed by atoms with van der Waals surface area (Å²) in [4.78, 5) is 0. The third kappa shape index (κ3) is 2.08. The van der Waals surface area contributed by atoms with Crippen LogP contribution in [0.5, 0.6) is 0 Å². The van der Waals surface area contributed by atoms with Gasteiger partial charge < -0.3 is 10.4 Å². The van der Waals surface area contributed by atoms with Gasteiger partial charge in [-0.15, -0.1) is 0 Å². The first-order chi connectivity index (χ1) is 6.09. The smallest absolute Gasteiger partial charge is 0.102 e. The van der Waals surface area contributed by atoms with Crippen LogP contribution < -0.4 is 5.32 Å². The van der Waals surface area contributed by atoms with E-state index in [9.17, 15) is 5.11 Å². The molecule has 13 heavy (non-hydrogen) atoms. The molecule has 72 valence electrons. The highest BCUT2D eigenvalue weighted by atomic mass is 16.3. The zero-order valence-corrected chi connectivity index (χ0v) is 8.41. The summed E-state index contributed by atoms with van der Waals surface area (Å²) in [6, 6.07) is 9.74. The standard InChI is InChI=1S/C11H17NO/c1-9(12-3)11(2,13)10-7-5-4-6-8-10/h4-9,12-13H,1-3H3/t9-,11-/m0/s1. The van der Waals surface area contributed by atoms with Crippen molar-refractivity contribution in [1.82, 2.24) is 5.32 Å². The molecule has 1 rings (SSSR count). The van der Waals surface area contributed by atoms with Crippen LogP contribution in [0.2, 0.25) is 0 Å². The molecule has 0 saturated heterocycles. The van der Waals surface area contributed by atoms with Gasteiger partial charge in [-0.1, -0.05) is 30.3 Å². The van der Waals surface area contributed by atoms with Crippen molar-refractivity contribution in [3.63, 3.8) is 0 Å². The number of rotatable bonds is 3. The molecule has 0 aliphatic carbocycles. The molecule has 2 nitrogen and oxygen atoms in total. The molecule has 0 amide bonds. The van der Waals surface area contributed by atoms with E-state index in [-0.39, 0.29) is 6.04 Å². The third-order valence-electron chi connectivity index (χ3n) is 2.63. The maximum Gasteiger partial charge on any atom is 0.102 e. The van der Waals surface area contributed by atoms with Crippen LogP contribution in [0.25, 0.3) is 0 Å². The van der Waals surface area contributed by atoms with Gasteiger partial charge in [-0.2, -0.15) is 0 Å². The number of hydrogen-bond acceptors (Lipinski definition) is 2. The maximum atomic E-state index is 10.2. The third-order valence-corrected chi connectivity index (χ3v) is 2.63. The Labute approximate surface area is 79.6 Å². The summed E-state index contributed by atoms with van der Waals surface area (Å²) >= 11 is 0. The van der Waals surface area contributed by atoms with E-state index in [4.69, 9.17) is 0 Å². The van der Waals surface area contributed by atoms with Crippen molar-refractivity contribution in [2.24, 2.45) is 0 Å². The number of nitrogens with one attached hydrogen (secondary N) is 1. The molecule has 0 unspecified atom stereocenters. The molecule has 0 spiro atoms. The van der Waals surface area contributed by atoms with Crippen LogP contribution >= 0.6 is 0 Å². The van der Waals surface area contributed by atoms with E-state index in [0.717, 1.165) is 5.56 Å². The normalized spacial score (nSPS) is 17.8. The van der Waals surface area contributed by atoms with E-state index in [1.165, 1.54) is 0 Å². The van der Waals surface area contributed by atoms with Crippen molar-refractivity contribution < 1.29 is 5.11 Å². The number of likely N-dealkylation sites (N-methyl/N-ethyl adjacent to an activating group) is 1. The molecule has 0 radical (unpaired) electrons. The Balaban J connectivity index is 2.93. The van der Waals surface area contributed by atoms with E-state index in [2.05, 4.69) is 5.32 Å². The maximum absolute atomic E-state index is 10.2. The minimum atomic E-state index is -0.810. The molecule has 0 aliphatic heterocycles. The lowest BCUT2D eigenvalue weighted by Crippen LogP contribution is -2.42. The van der Waals surface area contributed by atoms with Gasteiger partial charge in [0, 0.05) is 6.04 Å². The number of aliphatic hydroxyl groups is 1. The first-order valence-corrected chi connectivity index (χ1v) is 4.54. The molecule has 0 fully saturated rings. The van der Waals surface area contributed by atoms with Gasteiger partial charge in [-0.05, 0) is 26.5 Å². The Morgan fingerprint density at radius 1 is 1.31 bits per heavy atom. The molecule has 0 aromatic heterocycles. The summed E-state index contributed by atoms with van der Waals surface area (Å²) in [5.74, 6) is 0. The van der Waals surface area contributed by atoms with Gasteiger partial charge in [0.05, 0.1) is 0 Å². The fraction of sp³-hybridized carbons (Fsp3) is 0.455. The van der Waals surface area contributed by atoms with Crippen LogP contribution in [0.15, 0.2) is 30.3 Å². The van der Waals surface area contributed by atoms with E-state index in [0.29, 0.717) is 0 Å². The van der Waals surface area contributed by atoms with E-state index < -0.39 is 5.60 Å². The topological polar surface area (TPSA) is 32.3 Å². The second kappa shape index (κ2) is 3.90. The Bertz CT molecular complexity index is 256. The zero-order chi connectivity index (χ0) is 9.90. The second-order valence-corrected chi connectivity index (χ2v) is 3.52. The van der Waals surface area contributed by atoms with Gasteiger partial charge in [0.25, 0.3) is 0 Å². The van der Waals surface area contributed by atoms with Crippen LogP contribution in [-0.2, 0) is 5.60 Å². The Kier molecular flexibility index (Phi) is 3.07.